The Morgan fingerprint density at radius 1 is 1.03 bits per heavy atom. The topological polar surface area (TPSA) is 80.8 Å². The SMILES string of the molecule is O=C(/C=C/c1ccc(C(F)(F)F)cc1)OCC(=O)N(C1CCCCC1)C1CCS(=O)(=O)C1. The Bertz CT molecular complexity index is 951. The molecule has 1 atom stereocenters. The highest BCUT2D eigenvalue weighted by atomic mass is 32.2. The van der Waals surface area contributed by atoms with Crippen LogP contribution < -0.4 is 0 Å². The Morgan fingerprint density at radius 2 is 1.69 bits per heavy atom. The maximum atomic E-state index is 12.9. The molecule has 0 aromatic heterocycles. The molecule has 3 rings (SSSR count). The number of nitrogens with zero attached hydrogens (tertiary/aromatic N) is 1. The van der Waals surface area contributed by atoms with Gasteiger partial charge in [-0.25, -0.2) is 13.2 Å². The number of ether oxygens (including phenoxy) is 1. The predicted octanol–water partition coefficient (Wildman–Crippen LogP) is 3.61. The van der Waals surface area contributed by atoms with Crippen molar-refractivity contribution in [3.05, 3.63) is 41.5 Å². The van der Waals surface area contributed by atoms with E-state index < -0.39 is 46.1 Å². The summed E-state index contributed by atoms with van der Waals surface area (Å²) >= 11 is 0. The van der Waals surface area contributed by atoms with Gasteiger partial charge in [0.1, 0.15) is 0 Å². The maximum absolute atomic E-state index is 12.9. The minimum Gasteiger partial charge on any atom is -0.452 e. The molecule has 1 saturated heterocycles. The molecule has 6 nitrogen and oxygen atoms in total. The first kappa shape index (κ1) is 24.3. The first-order valence-corrected chi connectivity index (χ1v) is 12.4. The van der Waals surface area contributed by atoms with Crippen molar-refractivity contribution < 1.29 is 35.9 Å². The molecule has 1 aromatic rings. The molecule has 1 amide bonds. The van der Waals surface area contributed by atoms with E-state index in [1.807, 2.05) is 0 Å². The summed E-state index contributed by atoms with van der Waals surface area (Å²) in [5.74, 6) is -1.25. The van der Waals surface area contributed by atoms with Gasteiger partial charge in [0.25, 0.3) is 5.91 Å². The zero-order valence-corrected chi connectivity index (χ0v) is 18.3. The van der Waals surface area contributed by atoms with Crippen LogP contribution in [0.3, 0.4) is 0 Å². The van der Waals surface area contributed by atoms with Crippen LogP contribution in [0.5, 0.6) is 0 Å². The Hall–Kier alpha value is -2.36. The summed E-state index contributed by atoms with van der Waals surface area (Å²) in [5, 5.41) is 0. The molecule has 0 spiro atoms. The zero-order valence-electron chi connectivity index (χ0n) is 17.5. The Labute approximate surface area is 185 Å². The summed E-state index contributed by atoms with van der Waals surface area (Å²) in [4.78, 5) is 26.5. The largest absolute Gasteiger partial charge is 0.452 e. The third kappa shape index (κ3) is 6.57. The van der Waals surface area contributed by atoms with Gasteiger partial charge < -0.3 is 9.64 Å². The lowest BCUT2D eigenvalue weighted by Crippen LogP contribution is -2.50. The third-order valence-corrected chi connectivity index (χ3v) is 7.60. The van der Waals surface area contributed by atoms with Crippen molar-refractivity contribution in [2.75, 3.05) is 18.1 Å². The van der Waals surface area contributed by atoms with Crippen molar-refractivity contribution in [3.63, 3.8) is 0 Å². The quantitative estimate of drug-likeness (QED) is 0.466. The number of alkyl halides is 3. The number of esters is 1. The molecule has 0 N–H and O–H groups in total. The minimum absolute atomic E-state index is 0.0455. The highest BCUT2D eigenvalue weighted by molar-refractivity contribution is 7.91. The van der Waals surface area contributed by atoms with E-state index in [0.717, 1.165) is 50.3 Å². The first-order valence-electron chi connectivity index (χ1n) is 10.6. The van der Waals surface area contributed by atoms with E-state index in [1.165, 1.54) is 18.2 Å². The minimum atomic E-state index is -4.44. The molecular weight excluding hydrogens is 447 g/mol. The second-order valence-electron chi connectivity index (χ2n) is 8.21. The van der Waals surface area contributed by atoms with Crippen LogP contribution in [-0.2, 0) is 30.3 Å². The lowest BCUT2D eigenvalue weighted by molar-refractivity contribution is -0.151. The van der Waals surface area contributed by atoms with Crippen LogP contribution in [-0.4, -0.2) is 55.4 Å². The molecule has 1 saturated carbocycles. The van der Waals surface area contributed by atoms with Gasteiger partial charge in [-0.05, 0) is 43.0 Å². The molecule has 1 unspecified atom stereocenters. The molecular formula is C22H26F3NO5S. The number of sulfone groups is 1. The van der Waals surface area contributed by atoms with Crippen LogP contribution in [0, 0.1) is 0 Å². The van der Waals surface area contributed by atoms with Crippen molar-refractivity contribution in [1.82, 2.24) is 4.90 Å². The van der Waals surface area contributed by atoms with E-state index in [0.29, 0.717) is 12.0 Å². The molecule has 0 bridgehead atoms. The van der Waals surface area contributed by atoms with Gasteiger partial charge in [0.2, 0.25) is 0 Å². The molecule has 176 valence electrons. The summed E-state index contributed by atoms with van der Waals surface area (Å²) < 4.78 is 66.7. The standard InChI is InChI=1S/C22H26F3NO5S/c23-22(24,25)17-9-6-16(7-10-17)8-11-21(28)31-14-20(27)26(18-4-2-1-3-5-18)19-12-13-32(29,30)15-19/h6-11,18-19H,1-5,12-15H2/b11-8+. The molecule has 10 heteroatoms. The number of hydrogen-bond acceptors (Lipinski definition) is 5. The van der Waals surface area contributed by atoms with Gasteiger partial charge in [0, 0.05) is 18.2 Å². The number of amides is 1. The summed E-state index contributed by atoms with van der Waals surface area (Å²) in [7, 11) is -3.18. The van der Waals surface area contributed by atoms with Gasteiger partial charge in [0.05, 0.1) is 17.1 Å². The summed E-state index contributed by atoms with van der Waals surface area (Å²) in [6.07, 6.45) is 2.87. The second-order valence-corrected chi connectivity index (χ2v) is 10.4. The first-order chi connectivity index (χ1) is 15.0. The van der Waals surface area contributed by atoms with Gasteiger partial charge in [-0.15, -0.1) is 0 Å². The van der Waals surface area contributed by atoms with Gasteiger partial charge in [-0.2, -0.15) is 13.2 Å². The summed E-state index contributed by atoms with van der Waals surface area (Å²) in [6, 6.07) is 3.80. The summed E-state index contributed by atoms with van der Waals surface area (Å²) in [5.41, 5.74) is -0.416. The Balaban J connectivity index is 1.58. The molecule has 2 fully saturated rings. The molecule has 1 aromatic carbocycles. The van der Waals surface area contributed by atoms with Gasteiger partial charge in [0.15, 0.2) is 16.4 Å². The number of halogens is 3. The van der Waals surface area contributed by atoms with E-state index in [9.17, 15) is 31.2 Å². The van der Waals surface area contributed by atoms with Crippen molar-refractivity contribution >= 4 is 27.8 Å². The Morgan fingerprint density at radius 3 is 2.25 bits per heavy atom. The summed E-state index contributed by atoms with van der Waals surface area (Å²) in [6.45, 7) is -0.511. The van der Waals surface area contributed by atoms with Crippen LogP contribution in [0.2, 0.25) is 0 Å². The van der Waals surface area contributed by atoms with Crippen molar-refractivity contribution in [2.24, 2.45) is 0 Å². The lowest BCUT2D eigenvalue weighted by atomic mass is 9.93. The third-order valence-electron chi connectivity index (χ3n) is 5.85. The van der Waals surface area contributed by atoms with Crippen LogP contribution in [0.15, 0.2) is 30.3 Å². The Kier molecular flexibility index (Phi) is 7.63. The van der Waals surface area contributed by atoms with Crippen molar-refractivity contribution in [3.8, 4) is 0 Å². The van der Waals surface area contributed by atoms with Gasteiger partial charge >= 0.3 is 12.1 Å². The average Bonchev–Trinajstić information content (AvgIpc) is 3.10. The van der Waals surface area contributed by atoms with Gasteiger partial charge in [-0.1, -0.05) is 31.4 Å². The lowest BCUT2D eigenvalue weighted by Gasteiger charge is -2.38. The van der Waals surface area contributed by atoms with Gasteiger partial charge in [-0.3, -0.25) is 4.79 Å². The molecule has 1 aliphatic heterocycles. The zero-order chi connectivity index (χ0) is 23.4. The fourth-order valence-corrected chi connectivity index (χ4v) is 5.97. The predicted molar refractivity (Wildman–Crippen MR) is 112 cm³/mol. The second kappa shape index (κ2) is 10.1. The molecule has 1 aliphatic carbocycles. The number of hydrogen-bond donors (Lipinski definition) is 0. The van der Waals surface area contributed by atoms with E-state index in [1.54, 1.807) is 4.90 Å². The highest BCUT2D eigenvalue weighted by Gasteiger charge is 2.38. The normalized spacial score (nSPS) is 21.5. The van der Waals surface area contributed by atoms with E-state index in [-0.39, 0.29) is 17.5 Å². The van der Waals surface area contributed by atoms with Crippen LogP contribution >= 0.6 is 0 Å². The smallest absolute Gasteiger partial charge is 0.416 e. The fourth-order valence-electron chi connectivity index (χ4n) is 4.26. The van der Waals surface area contributed by atoms with E-state index in [4.69, 9.17) is 4.74 Å². The van der Waals surface area contributed by atoms with Crippen molar-refractivity contribution in [1.29, 1.82) is 0 Å². The molecule has 32 heavy (non-hydrogen) atoms. The molecule has 1 heterocycles. The number of carbonyl (C=O) groups excluding carboxylic acids is 2. The van der Waals surface area contributed by atoms with Crippen LogP contribution in [0.25, 0.3) is 6.08 Å². The maximum Gasteiger partial charge on any atom is 0.416 e. The number of carbonyl (C=O) groups is 2. The van der Waals surface area contributed by atoms with E-state index in [2.05, 4.69) is 0 Å². The van der Waals surface area contributed by atoms with Crippen molar-refractivity contribution in [2.45, 2.75) is 56.8 Å². The van der Waals surface area contributed by atoms with Crippen LogP contribution in [0.1, 0.15) is 49.7 Å². The monoisotopic (exact) mass is 473 g/mol. The average molecular weight is 474 g/mol. The van der Waals surface area contributed by atoms with Crippen LogP contribution in [0.4, 0.5) is 13.2 Å². The number of benzene rings is 1. The number of rotatable bonds is 6. The molecule has 0 radical (unpaired) electrons. The molecule has 2 aliphatic rings. The highest BCUT2D eigenvalue weighted by Crippen LogP contribution is 2.30. The fraction of sp³-hybridized carbons (Fsp3) is 0.545. The van der Waals surface area contributed by atoms with E-state index >= 15 is 0 Å².